The van der Waals surface area contributed by atoms with Crippen molar-refractivity contribution in [1.29, 1.82) is 0 Å². The Labute approximate surface area is 109 Å². The number of ether oxygens (including phenoxy) is 2. The molecule has 7 nitrogen and oxygen atoms in total. The molecule has 0 spiro atoms. The Morgan fingerprint density at radius 3 is 1.28 bits per heavy atom. The minimum Gasteiger partial charge on any atom is -0.394 e. The van der Waals surface area contributed by atoms with Crippen molar-refractivity contribution in [3.05, 3.63) is 0 Å². The third-order valence-corrected chi connectivity index (χ3v) is 1.30. The predicted molar refractivity (Wildman–Crippen MR) is 67.3 cm³/mol. The van der Waals surface area contributed by atoms with Crippen molar-refractivity contribution in [2.24, 2.45) is 0 Å². The van der Waals surface area contributed by atoms with E-state index >= 15 is 0 Å². The first kappa shape index (κ1) is 22.9. The zero-order valence-electron chi connectivity index (χ0n) is 11.3. The molecule has 0 saturated carbocycles. The molecule has 0 unspecified atom stereocenters. The van der Waals surface area contributed by atoms with Gasteiger partial charge in [0.25, 0.3) is 0 Å². The summed E-state index contributed by atoms with van der Waals surface area (Å²) in [4.78, 5) is 0. The van der Waals surface area contributed by atoms with E-state index in [1.165, 1.54) is 0 Å². The van der Waals surface area contributed by atoms with Gasteiger partial charge in [-0.25, -0.2) is 0 Å². The summed E-state index contributed by atoms with van der Waals surface area (Å²) >= 11 is 0. The number of hydrogen-bond donors (Lipinski definition) is 5. The average Bonchev–Trinajstić information content (AvgIpc) is 2.41. The van der Waals surface area contributed by atoms with E-state index in [1.807, 2.05) is 13.8 Å². The molecule has 0 fully saturated rings. The molecule has 0 aromatic carbocycles. The van der Waals surface area contributed by atoms with Crippen LogP contribution in [0.25, 0.3) is 0 Å². The summed E-state index contributed by atoms with van der Waals surface area (Å²) in [7, 11) is 0. The maximum Gasteiger partial charge on any atom is 0.100 e. The molecule has 0 rings (SSSR count). The zero-order valence-corrected chi connectivity index (χ0v) is 11.3. The molecule has 18 heavy (non-hydrogen) atoms. The number of hydrogen-bond acceptors (Lipinski definition) is 7. The minimum atomic E-state index is -0.954. The Morgan fingerprint density at radius 2 is 1.17 bits per heavy atom. The quantitative estimate of drug-likeness (QED) is 0.336. The summed E-state index contributed by atoms with van der Waals surface area (Å²) in [6.07, 6.45) is -0.954. The molecular formula is C11H28O7. The molecule has 0 radical (unpaired) electrons. The van der Waals surface area contributed by atoms with Crippen LogP contribution in [0.15, 0.2) is 0 Å². The van der Waals surface area contributed by atoms with Crippen LogP contribution in [0.5, 0.6) is 0 Å². The molecule has 0 bridgehead atoms. The molecule has 0 aliphatic carbocycles. The Hall–Kier alpha value is -0.280. The van der Waals surface area contributed by atoms with Crippen molar-refractivity contribution >= 4 is 0 Å². The largest absolute Gasteiger partial charge is 0.394 e. The lowest BCUT2D eigenvalue weighted by Crippen LogP contribution is -2.15. The van der Waals surface area contributed by atoms with Crippen LogP contribution in [0.3, 0.4) is 0 Å². The summed E-state index contributed by atoms with van der Waals surface area (Å²) in [6, 6.07) is 0. The molecule has 0 heterocycles. The van der Waals surface area contributed by atoms with Gasteiger partial charge in [0, 0.05) is 13.2 Å². The van der Waals surface area contributed by atoms with E-state index in [0.29, 0.717) is 13.2 Å². The maximum absolute atomic E-state index is 8.17. The predicted octanol–water partition coefficient (Wildman–Crippen LogP) is -1.64. The van der Waals surface area contributed by atoms with Crippen molar-refractivity contribution in [3.8, 4) is 0 Å². The molecule has 0 aliphatic rings. The van der Waals surface area contributed by atoms with Crippen LogP contribution in [-0.4, -0.2) is 84.5 Å². The van der Waals surface area contributed by atoms with Gasteiger partial charge in [0.2, 0.25) is 0 Å². The van der Waals surface area contributed by atoms with Gasteiger partial charge in [-0.2, -0.15) is 0 Å². The maximum atomic E-state index is 8.17. The van der Waals surface area contributed by atoms with Crippen LogP contribution in [0.1, 0.15) is 13.8 Å². The van der Waals surface area contributed by atoms with Crippen LogP contribution in [0, 0.1) is 0 Å². The summed E-state index contributed by atoms with van der Waals surface area (Å²) in [6.45, 7) is 5.63. The Morgan fingerprint density at radius 1 is 0.778 bits per heavy atom. The lowest BCUT2D eigenvalue weighted by molar-refractivity contribution is 0.0450. The number of rotatable bonds is 8. The molecule has 114 valence electrons. The van der Waals surface area contributed by atoms with E-state index in [2.05, 4.69) is 4.74 Å². The molecule has 7 heteroatoms. The highest BCUT2D eigenvalue weighted by atomic mass is 16.5. The van der Waals surface area contributed by atoms with Crippen molar-refractivity contribution in [2.75, 3.05) is 52.9 Å². The third kappa shape index (κ3) is 36.1. The standard InChI is InChI=1S/C4H10O3.C4H10O.C3H8O3/c5-1-3-7-4-2-6;1-3-5-4-2;4-1-3(6)2-5/h5-6H,1-4H2;3-4H2,1-2H3;3-6H,1-2H2. The molecular weight excluding hydrogens is 244 g/mol. The van der Waals surface area contributed by atoms with Gasteiger partial charge < -0.3 is 35.0 Å². The highest BCUT2D eigenvalue weighted by molar-refractivity contribution is 4.44. The molecule has 0 saturated heterocycles. The smallest absolute Gasteiger partial charge is 0.100 e. The highest BCUT2D eigenvalue weighted by Gasteiger charge is 1.93. The first-order valence-electron chi connectivity index (χ1n) is 5.91. The molecule has 0 aromatic heterocycles. The minimum absolute atomic E-state index is 0.0278. The topological polar surface area (TPSA) is 120 Å². The van der Waals surface area contributed by atoms with Gasteiger partial charge in [-0.05, 0) is 13.8 Å². The monoisotopic (exact) mass is 272 g/mol. The van der Waals surface area contributed by atoms with Crippen LogP contribution < -0.4 is 0 Å². The van der Waals surface area contributed by atoms with Crippen LogP contribution in [0.2, 0.25) is 0 Å². The fraction of sp³-hybridized carbons (Fsp3) is 1.00. The van der Waals surface area contributed by atoms with Gasteiger partial charge in [0.05, 0.1) is 39.6 Å². The average molecular weight is 272 g/mol. The van der Waals surface area contributed by atoms with Gasteiger partial charge in [-0.1, -0.05) is 0 Å². The zero-order chi connectivity index (χ0) is 14.6. The second-order valence-electron chi connectivity index (χ2n) is 2.86. The van der Waals surface area contributed by atoms with Gasteiger partial charge in [0.15, 0.2) is 0 Å². The van der Waals surface area contributed by atoms with Gasteiger partial charge >= 0.3 is 0 Å². The lowest BCUT2D eigenvalue weighted by Gasteiger charge is -1.96. The summed E-state index contributed by atoms with van der Waals surface area (Å²) in [5, 5.41) is 40.2. The summed E-state index contributed by atoms with van der Waals surface area (Å²) in [5.41, 5.74) is 0. The fourth-order valence-corrected chi connectivity index (χ4v) is 0.493. The molecule has 0 aliphatic heterocycles. The van der Waals surface area contributed by atoms with Crippen LogP contribution >= 0.6 is 0 Å². The van der Waals surface area contributed by atoms with Crippen molar-refractivity contribution in [1.82, 2.24) is 0 Å². The Kier molecular flexibility index (Phi) is 32.4. The van der Waals surface area contributed by atoms with Crippen molar-refractivity contribution < 1.29 is 35.0 Å². The first-order valence-corrected chi connectivity index (χ1v) is 5.91. The fourth-order valence-electron chi connectivity index (χ4n) is 0.493. The van der Waals surface area contributed by atoms with E-state index in [-0.39, 0.29) is 26.4 Å². The SMILES string of the molecule is CCOCC.OCC(O)CO.OCCOCCO. The number of aliphatic hydroxyl groups excluding tert-OH is 5. The highest BCUT2D eigenvalue weighted by Crippen LogP contribution is 1.71. The normalized spacial score (nSPS) is 9.33. The second-order valence-corrected chi connectivity index (χ2v) is 2.86. The van der Waals surface area contributed by atoms with E-state index < -0.39 is 6.10 Å². The van der Waals surface area contributed by atoms with Gasteiger partial charge in [0.1, 0.15) is 6.10 Å². The summed E-state index contributed by atoms with van der Waals surface area (Å²) < 4.78 is 9.47. The van der Waals surface area contributed by atoms with E-state index in [0.717, 1.165) is 13.2 Å². The van der Waals surface area contributed by atoms with Gasteiger partial charge in [-0.3, -0.25) is 0 Å². The van der Waals surface area contributed by atoms with E-state index in [4.69, 9.17) is 30.3 Å². The summed E-state index contributed by atoms with van der Waals surface area (Å²) in [5.74, 6) is 0. The molecule has 0 aromatic rings. The lowest BCUT2D eigenvalue weighted by atomic mass is 10.4. The van der Waals surface area contributed by atoms with Crippen LogP contribution in [-0.2, 0) is 9.47 Å². The molecule has 0 atom stereocenters. The van der Waals surface area contributed by atoms with Crippen molar-refractivity contribution in [2.45, 2.75) is 20.0 Å². The first-order chi connectivity index (χ1) is 8.64. The van der Waals surface area contributed by atoms with Crippen LogP contribution in [0.4, 0.5) is 0 Å². The third-order valence-electron chi connectivity index (χ3n) is 1.30. The molecule has 5 N–H and O–H groups in total. The van der Waals surface area contributed by atoms with E-state index in [9.17, 15) is 0 Å². The van der Waals surface area contributed by atoms with Gasteiger partial charge in [-0.15, -0.1) is 0 Å². The number of aliphatic hydroxyl groups is 5. The Bertz CT molecular complexity index is 104. The Balaban J connectivity index is -0.000000190. The van der Waals surface area contributed by atoms with Crippen molar-refractivity contribution in [3.63, 3.8) is 0 Å². The second kappa shape index (κ2) is 25.5. The van der Waals surface area contributed by atoms with E-state index in [1.54, 1.807) is 0 Å². The molecule has 0 amide bonds.